The molecule has 0 amide bonds. The van der Waals surface area contributed by atoms with Crippen LogP contribution in [0, 0.1) is 41.5 Å². The van der Waals surface area contributed by atoms with Gasteiger partial charge in [0.2, 0.25) is 0 Å². The molecule has 2 nitrogen and oxygen atoms in total. The van der Waals surface area contributed by atoms with E-state index in [2.05, 4.69) is 209 Å². The average molecular weight is 673 g/mol. The van der Waals surface area contributed by atoms with E-state index in [-0.39, 0.29) is 0 Å². The smallest absolute Gasteiger partial charge is 0.0463 e. The second-order valence-corrected chi connectivity index (χ2v) is 14.3. The summed E-state index contributed by atoms with van der Waals surface area (Å²) in [5.74, 6) is 0. The summed E-state index contributed by atoms with van der Waals surface area (Å²) in [5, 5.41) is 5.24. The molecule has 0 saturated carbocycles. The van der Waals surface area contributed by atoms with Crippen LogP contribution >= 0.6 is 0 Å². The van der Waals surface area contributed by atoms with Gasteiger partial charge in [0.05, 0.1) is 0 Å². The van der Waals surface area contributed by atoms with Crippen LogP contribution in [0.1, 0.15) is 33.4 Å². The molecule has 0 heterocycles. The molecule has 0 aliphatic rings. The summed E-state index contributed by atoms with van der Waals surface area (Å²) in [6.07, 6.45) is 0. The lowest BCUT2D eigenvalue weighted by Crippen LogP contribution is -2.12. The number of anilines is 6. The van der Waals surface area contributed by atoms with Crippen molar-refractivity contribution >= 4 is 55.7 Å². The Hall–Kier alpha value is -6.12. The van der Waals surface area contributed by atoms with E-state index in [1.807, 2.05) is 0 Å². The molecule has 2 heteroatoms. The van der Waals surface area contributed by atoms with Crippen LogP contribution in [0.15, 0.2) is 158 Å². The Balaban J connectivity index is 1.22. The molecule has 0 radical (unpaired) electrons. The van der Waals surface area contributed by atoms with Crippen LogP contribution in [0.3, 0.4) is 0 Å². The van der Waals surface area contributed by atoms with Crippen LogP contribution in [-0.2, 0) is 0 Å². The van der Waals surface area contributed by atoms with Gasteiger partial charge >= 0.3 is 0 Å². The molecular formula is C50H44N2. The second-order valence-electron chi connectivity index (χ2n) is 14.3. The Morgan fingerprint density at radius 3 is 0.942 bits per heavy atom. The monoisotopic (exact) mass is 672 g/mol. The van der Waals surface area contributed by atoms with Crippen LogP contribution in [0.4, 0.5) is 34.1 Å². The van der Waals surface area contributed by atoms with E-state index in [1.54, 1.807) is 0 Å². The van der Waals surface area contributed by atoms with Gasteiger partial charge in [-0.25, -0.2) is 0 Å². The fourth-order valence-corrected chi connectivity index (χ4v) is 7.52. The first kappa shape index (κ1) is 33.0. The van der Waals surface area contributed by atoms with E-state index in [1.165, 1.54) is 66.1 Å². The lowest BCUT2D eigenvalue weighted by atomic mass is 9.87. The minimum atomic E-state index is 1.10. The van der Waals surface area contributed by atoms with Gasteiger partial charge in [-0.05, 0) is 153 Å². The van der Waals surface area contributed by atoms with Crippen LogP contribution in [0.2, 0.25) is 0 Å². The molecule has 52 heavy (non-hydrogen) atoms. The van der Waals surface area contributed by atoms with Crippen molar-refractivity contribution in [3.63, 3.8) is 0 Å². The Morgan fingerprint density at radius 2 is 0.558 bits per heavy atom. The molecule has 0 aliphatic heterocycles. The Morgan fingerprint density at radius 1 is 0.269 bits per heavy atom. The largest absolute Gasteiger partial charge is 0.311 e. The lowest BCUT2D eigenvalue weighted by Gasteiger charge is -2.28. The molecule has 0 aromatic heterocycles. The molecule has 0 saturated heterocycles. The van der Waals surface area contributed by atoms with Crippen molar-refractivity contribution in [2.24, 2.45) is 0 Å². The number of aryl methyl sites for hydroxylation is 6. The van der Waals surface area contributed by atoms with E-state index in [0.717, 1.165) is 34.1 Å². The number of nitrogens with zero attached hydrogens (tertiary/aromatic N) is 2. The van der Waals surface area contributed by atoms with Crippen molar-refractivity contribution in [2.75, 3.05) is 9.80 Å². The van der Waals surface area contributed by atoms with Gasteiger partial charge < -0.3 is 9.80 Å². The summed E-state index contributed by atoms with van der Waals surface area (Å²) in [5.41, 5.74) is 16.9. The fourth-order valence-electron chi connectivity index (χ4n) is 7.52. The Bertz CT molecular complexity index is 2480. The number of benzene rings is 8. The van der Waals surface area contributed by atoms with E-state index in [0.29, 0.717) is 0 Å². The third-order valence-electron chi connectivity index (χ3n) is 10.3. The zero-order valence-corrected chi connectivity index (χ0v) is 30.9. The van der Waals surface area contributed by atoms with Gasteiger partial charge in [0.15, 0.2) is 0 Å². The van der Waals surface area contributed by atoms with Gasteiger partial charge in [-0.2, -0.15) is 0 Å². The number of hydrogen-bond donors (Lipinski definition) is 0. The van der Waals surface area contributed by atoms with Gasteiger partial charge in [-0.3, -0.25) is 0 Å². The molecule has 0 bridgehead atoms. The van der Waals surface area contributed by atoms with Crippen LogP contribution in [-0.4, -0.2) is 0 Å². The fraction of sp³-hybridized carbons (Fsp3) is 0.120. The van der Waals surface area contributed by atoms with E-state index >= 15 is 0 Å². The molecule has 8 aromatic rings. The molecule has 8 rings (SSSR count). The van der Waals surface area contributed by atoms with Gasteiger partial charge in [-0.15, -0.1) is 0 Å². The van der Waals surface area contributed by atoms with Crippen molar-refractivity contribution < 1.29 is 0 Å². The first-order valence-electron chi connectivity index (χ1n) is 18.2. The first-order valence-corrected chi connectivity index (χ1v) is 18.2. The van der Waals surface area contributed by atoms with Crippen molar-refractivity contribution in [2.45, 2.75) is 41.5 Å². The minimum Gasteiger partial charge on any atom is -0.311 e. The second kappa shape index (κ2) is 13.5. The predicted molar refractivity (Wildman–Crippen MR) is 225 cm³/mol. The highest BCUT2D eigenvalue weighted by atomic mass is 15.2. The highest BCUT2D eigenvalue weighted by Gasteiger charge is 2.18. The number of fused-ring (bicyclic) bond motifs is 3. The van der Waals surface area contributed by atoms with Gasteiger partial charge in [0.1, 0.15) is 0 Å². The lowest BCUT2D eigenvalue weighted by molar-refractivity contribution is 1.25. The quantitative estimate of drug-likeness (QED) is 0.156. The average Bonchev–Trinajstić information content (AvgIpc) is 3.15. The third kappa shape index (κ3) is 6.22. The maximum absolute atomic E-state index is 2.36. The zero-order valence-electron chi connectivity index (χ0n) is 30.9. The van der Waals surface area contributed by atoms with Crippen molar-refractivity contribution in [1.82, 2.24) is 0 Å². The summed E-state index contributed by atoms with van der Waals surface area (Å²) in [6.45, 7) is 13.1. The standard InChI is InChI=1S/C50H44N2/c1-33-7-17-40(18-8-33)51(41-19-9-34(2)10-20-41)44-25-27-45(28-26-44)52(42-21-11-35(3)12-22-42)43-23-15-39(16-24-43)50-38(6)48-31-36(4)13-29-46(48)47-30-14-37(5)32-49(47)50/h7-32H,1-6H3. The Kier molecular flexibility index (Phi) is 8.61. The van der Waals surface area contributed by atoms with Crippen LogP contribution in [0.5, 0.6) is 0 Å². The summed E-state index contributed by atoms with van der Waals surface area (Å²) < 4.78 is 0. The predicted octanol–water partition coefficient (Wildman–Crippen LogP) is 14.5. The van der Waals surface area contributed by atoms with Crippen LogP contribution < -0.4 is 9.80 Å². The van der Waals surface area contributed by atoms with Gasteiger partial charge in [0.25, 0.3) is 0 Å². The molecule has 8 aromatic carbocycles. The topological polar surface area (TPSA) is 6.48 Å². The molecule has 0 atom stereocenters. The summed E-state index contributed by atoms with van der Waals surface area (Å²) in [6, 6.07) is 58.2. The van der Waals surface area contributed by atoms with Crippen molar-refractivity contribution in [3.05, 3.63) is 191 Å². The third-order valence-corrected chi connectivity index (χ3v) is 10.3. The molecule has 0 unspecified atom stereocenters. The normalized spacial score (nSPS) is 11.3. The highest BCUT2D eigenvalue weighted by Crippen LogP contribution is 2.42. The van der Waals surface area contributed by atoms with E-state index in [9.17, 15) is 0 Å². The maximum atomic E-state index is 2.36. The van der Waals surface area contributed by atoms with Gasteiger partial charge in [0, 0.05) is 34.1 Å². The molecule has 0 aliphatic carbocycles. The molecule has 0 fully saturated rings. The maximum Gasteiger partial charge on any atom is 0.0463 e. The molecule has 0 spiro atoms. The molecular weight excluding hydrogens is 629 g/mol. The van der Waals surface area contributed by atoms with E-state index < -0.39 is 0 Å². The molecule has 0 N–H and O–H groups in total. The Labute approximate surface area is 308 Å². The first-order chi connectivity index (χ1) is 25.2. The van der Waals surface area contributed by atoms with E-state index in [4.69, 9.17) is 0 Å². The summed E-state index contributed by atoms with van der Waals surface area (Å²) in [7, 11) is 0. The van der Waals surface area contributed by atoms with Crippen molar-refractivity contribution in [1.29, 1.82) is 0 Å². The summed E-state index contributed by atoms with van der Waals surface area (Å²) >= 11 is 0. The summed E-state index contributed by atoms with van der Waals surface area (Å²) in [4.78, 5) is 4.68. The van der Waals surface area contributed by atoms with Gasteiger partial charge in [-0.1, -0.05) is 113 Å². The number of hydrogen-bond acceptors (Lipinski definition) is 2. The van der Waals surface area contributed by atoms with Crippen molar-refractivity contribution in [3.8, 4) is 11.1 Å². The zero-order chi connectivity index (χ0) is 35.9. The molecule has 254 valence electrons. The SMILES string of the molecule is Cc1ccc(N(c2ccc(C)cc2)c2ccc(N(c3ccc(C)cc3)c3ccc(-c4c(C)c5cc(C)ccc5c5ccc(C)cc45)cc3)cc2)cc1. The number of rotatable bonds is 7. The minimum absolute atomic E-state index is 1.10. The highest BCUT2D eigenvalue weighted by molar-refractivity contribution is 6.16. The van der Waals surface area contributed by atoms with Crippen LogP contribution in [0.25, 0.3) is 32.7 Å².